The Hall–Kier alpha value is -5.29. The van der Waals surface area contributed by atoms with Crippen molar-refractivity contribution in [3.05, 3.63) is 88.5 Å². The fourth-order valence-corrected chi connectivity index (χ4v) is 8.77. The lowest BCUT2D eigenvalue weighted by Gasteiger charge is -2.36. The number of hydrogen-bond donors (Lipinski definition) is 1. The highest BCUT2D eigenvalue weighted by molar-refractivity contribution is 5.80. The van der Waals surface area contributed by atoms with E-state index in [-0.39, 0.29) is 74.1 Å². The molecule has 396 valence electrons. The highest BCUT2D eigenvalue weighted by atomic mass is 19.4. The van der Waals surface area contributed by atoms with E-state index in [0.29, 0.717) is 58.7 Å². The molecular formula is C56H78F3N5O8. The number of carbonyl (C=O) groups is 4. The third kappa shape index (κ3) is 19.3. The molecule has 0 spiro atoms. The van der Waals surface area contributed by atoms with Crippen LogP contribution in [0.4, 0.5) is 13.2 Å². The zero-order valence-electron chi connectivity index (χ0n) is 44.2. The van der Waals surface area contributed by atoms with Gasteiger partial charge in [-0.2, -0.15) is 13.2 Å². The van der Waals surface area contributed by atoms with Crippen LogP contribution in [0.5, 0.6) is 5.75 Å². The molecular weight excluding hydrogens is 928 g/mol. The zero-order chi connectivity index (χ0) is 52.9. The van der Waals surface area contributed by atoms with Crippen molar-refractivity contribution >= 4 is 36.0 Å². The lowest BCUT2D eigenvalue weighted by Crippen LogP contribution is -2.46. The summed E-state index contributed by atoms with van der Waals surface area (Å²) in [5, 5.41) is 2.97. The van der Waals surface area contributed by atoms with Gasteiger partial charge in [-0.1, -0.05) is 67.1 Å². The molecule has 2 fully saturated rings. The van der Waals surface area contributed by atoms with Crippen molar-refractivity contribution in [3.63, 3.8) is 0 Å². The summed E-state index contributed by atoms with van der Waals surface area (Å²) in [4.78, 5) is 60.4. The van der Waals surface area contributed by atoms with Crippen molar-refractivity contribution in [2.24, 2.45) is 0 Å². The van der Waals surface area contributed by atoms with E-state index in [1.165, 1.54) is 12.1 Å². The van der Waals surface area contributed by atoms with Gasteiger partial charge in [-0.15, -0.1) is 0 Å². The smallest absolute Gasteiger partial charge is 0.417 e. The molecule has 72 heavy (non-hydrogen) atoms. The van der Waals surface area contributed by atoms with E-state index in [2.05, 4.69) is 5.32 Å². The van der Waals surface area contributed by atoms with Gasteiger partial charge in [0, 0.05) is 57.9 Å². The number of ether oxygens (including phenoxy) is 4. The normalized spacial score (nSPS) is 17.4. The van der Waals surface area contributed by atoms with Crippen molar-refractivity contribution < 1.29 is 51.3 Å². The molecule has 2 saturated heterocycles. The summed E-state index contributed by atoms with van der Waals surface area (Å²) in [6.45, 7) is 22.2. The molecule has 2 aliphatic rings. The fourth-order valence-electron chi connectivity index (χ4n) is 8.77. The number of amides is 1. The van der Waals surface area contributed by atoms with Crippen LogP contribution in [-0.2, 0) is 46.1 Å². The molecule has 2 heterocycles. The Kier molecular flexibility index (Phi) is 20.5. The maximum atomic E-state index is 15.1. The first kappa shape index (κ1) is 57.6. The minimum Gasteiger partial charge on any atom is -0.493 e. The average Bonchev–Trinajstić information content (AvgIpc) is 3.35. The van der Waals surface area contributed by atoms with E-state index in [9.17, 15) is 19.2 Å². The van der Waals surface area contributed by atoms with Crippen LogP contribution in [0, 0.1) is 6.92 Å². The number of esters is 3. The Morgan fingerprint density at radius 1 is 0.667 bits per heavy atom. The van der Waals surface area contributed by atoms with Crippen LogP contribution < -0.4 is 10.1 Å². The largest absolute Gasteiger partial charge is 0.493 e. The second kappa shape index (κ2) is 25.6. The van der Waals surface area contributed by atoms with E-state index in [1.54, 1.807) is 26.8 Å². The minimum atomic E-state index is -4.71. The molecule has 0 aliphatic carbocycles. The predicted molar refractivity (Wildman–Crippen MR) is 275 cm³/mol. The van der Waals surface area contributed by atoms with Gasteiger partial charge in [-0.05, 0) is 135 Å². The Bertz CT molecular complexity index is 2280. The molecule has 0 unspecified atom stereocenters. The van der Waals surface area contributed by atoms with Gasteiger partial charge in [-0.25, -0.2) is 0 Å². The number of hydrogen-bond acceptors (Lipinski definition) is 12. The maximum Gasteiger partial charge on any atom is 0.417 e. The number of likely N-dealkylation sites (tertiary alicyclic amines) is 1. The summed E-state index contributed by atoms with van der Waals surface area (Å²) in [7, 11) is 0. The molecule has 1 amide bonds. The van der Waals surface area contributed by atoms with E-state index < -0.39 is 40.6 Å². The van der Waals surface area contributed by atoms with Gasteiger partial charge < -0.3 is 24.3 Å². The predicted octanol–water partition coefficient (Wildman–Crippen LogP) is 9.04. The van der Waals surface area contributed by atoms with Crippen LogP contribution in [0.2, 0.25) is 0 Å². The number of carbonyl (C=O) groups excluding carboxylic acids is 4. The molecule has 0 radical (unpaired) electrons. The maximum absolute atomic E-state index is 15.1. The molecule has 0 saturated carbocycles. The fraction of sp³-hybridized carbons (Fsp3) is 0.571. The number of nitrogens with one attached hydrogen (secondary N) is 1. The molecule has 2 aliphatic heterocycles. The molecule has 3 aromatic rings. The number of benzene rings is 3. The third-order valence-electron chi connectivity index (χ3n) is 12.1. The van der Waals surface area contributed by atoms with Gasteiger partial charge in [0.25, 0.3) is 0 Å². The Morgan fingerprint density at radius 2 is 1.22 bits per heavy atom. The number of rotatable bonds is 17. The van der Waals surface area contributed by atoms with E-state index in [1.807, 2.05) is 117 Å². The van der Waals surface area contributed by atoms with Gasteiger partial charge in [0.05, 0.1) is 31.8 Å². The quantitative estimate of drug-likeness (QED) is 0.0600. The summed E-state index contributed by atoms with van der Waals surface area (Å²) in [5.74, 6) is -1.12. The summed E-state index contributed by atoms with van der Waals surface area (Å²) in [6.07, 6.45) is 0.889. The van der Waals surface area contributed by atoms with Gasteiger partial charge in [0.15, 0.2) is 0 Å². The van der Waals surface area contributed by atoms with Crippen LogP contribution in [0.3, 0.4) is 0 Å². The number of piperidine rings is 1. The van der Waals surface area contributed by atoms with Gasteiger partial charge in [0.1, 0.15) is 28.6 Å². The molecule has 0 bridgehead atoms. The first-order valence-electron chi connectivity index (χ1n) is 25.3. The van der Waals surface area contributed by atoms with Crippen molar-refractivity contribution in [2.75, 3.05) is 78.6 Å². The average molecular weight is 1010 g/mol. The molecule has 3 aromatic carbocycles. The topological polar surface area (TPSA) is 130 Å². The Labute approximate surface area is 425 Å². The van der Waals surface area contributed by atoms with Crippen LogP contribution in [0.1, 0.15) is 116 Å². The first-order chi connectivity index (χ1) is 33.7. The second-order valence-corrected chi connectivity index (χ2v) is 21.8. The zero-order valence-corrected chi connectivity index (χ0v) is 44.2. The summed E-state index contributed by atoms with van der Waals surface area (Å²) in [5.41, 5.74) is 1.03. The van der Waals surface area contributed by atoms with E-state index in [0.717, 1.165) is 41.2 Å². The minimum absolute atomic E-state index is 0.0293. The summed E-state index contributed by atoms with van der Waals surface area (Å²) < 4.78 is 68.5. The third-order valence-corrected chi connectivity index (χ3v) is 12.1. The number of alkyl halides is 3. The molecule has 1 N–H and O–H groups in total. The number of halogens is 3. The highest BCUT2D eigenvalue weighted by Crippen LogP contribution is 2.39. The SMILES string of the molecule is Cc1c(/C=C/c2cc(OCCCNC(=O)CN3CCN(CC(=O)OC(C)(C)C)CCN(CC(=O)OC(C)(C)C)CC3)c(CN3CCCC[C@H]3C(=O)OC(C)(C)C)cc2C(F)(F)F)cccc1-c1ccccc1. The molecule has 5 rings (SSSR count). The first-order valence-corrected chi connectivity index (χ1v) is 25.3. The van der Waals surface area contributed by atoms with E-state index in [4.69, 9.17) is 18.9 Å². The molecule has 0 aromatic heterocycles. The number of nitrogens with zero attached hydrogens (tertiary/aromatic N) is 4. The van der Waals surface area contributed by atoms with Gasteiger partial charge in [0.2, 0.25) is 5.91 Å². The molecule has 1 atom stereocenters. The molecule has 16 heteroatoms. The lowest BCUT2D eigenvalue weighted by atomic mass is 9.95. The monoisotopic (exact) mass is 1010 g/mol. The van der Waals surface area contributed by atoms with Crippen LogP contribution in [0.25, 0.3) is 23.3 Å². The van der Waals surface area contributed by atoms with Gasteiger partial charge >= 0.3 is 24.1 Å². The summed E-state index contributed by atoms with van der Waals surface area (Å²) >= 11 is 0. The Morgan fingerprint density at radius 3 is 1.78 bits per heavy atom. The standard InChI is InChI=1S/C56H78F3N5O8/c1-40-41(20-16-21-45(40)42-18-12-11-13-19-42)23-24-43-35-48(44(34-46(43)56(57,58)59)36-64-26-15-14-22-47(64)52(68)72-55(8,9)10)69-33-17-25-60-49(65)37-61-27-29-62(38-50(66)70-53(2,3)4)31-32-63(30-28-61)39-51(67)71-54(5,6)7/h11-13,16,18-21,23-24,34-35,47H,14-15,17,22,25-33,36-39H2,1-10H3,(H,60,65)/b24-23+/t47-/m0/s1. The van der Waals surface area contributed by atoms with Crippen LogP contribution in [0.15, 0.2) is 60.7 Å². The Balaban J connectivity index is 1.32. The molecule has 13 nitrogen and oxygen atoms in total. The van der Waals surface area contributed by atoms with Crippen LogP contribution >= 0.6 is 0 Å². The highest BCUT2D eigenvalue weighted by Gasteiger charge is 2.37. The lowest BCUT2D eigenvalue weighted by molar-refractivity contribution is -0.163. The van der Waals surface area contributed by atoms with E-state index >= 15 is 13.2 Å². The summed E-state index contributed by atoms with van der Waals surface area (Å²) in [6, 6.07) is 17.5. The van der Waals surface area contributed by atoms with Crippen LogP contribution in [-0.4, -0.2) is 145 Å². The van der Waals surface area contributed by atoms with Crippen molar-refractivity contribution in [1.29, 1.82) is 0 Å². The van der Waals surface area contributed by atoms with Crippen molar-refractivity contribution in [3.8, 4) is 16.9 Å². The van der Waals surface area contributed by atoms with Crippen molar-refractivity contribution in [2.45, 2.75) is 130 Å². The second-order valence-electron chi connectivity index (χ2n) is 21.8. The van der Waals surface area contributed by atoms with Crippen molar-refractivity contribution in [1.82, 2.24) is 24.9 Å². The van der Waals surface area contributed by atoms with Gasteiger partial charge in [-0.3, -0.25) is 38.8 Å².